The fraction of sp³-hybridized carbons (Fsp3) is 0.400. The second-order valence-electron chi connectivity index (χ2n) is 13.5. The van der Waals surface area contributed by atoms with E-state index in [-0.39, 0.29) is 47.9 Å². The molecule has 0 spiro atoms. The van der Waals surface area contributed by atoms with Gasteiger partial charge in [0.2, 0.25) is 0 Å². The van der Waals surface area contributed by atoms with Crippen LogP contribution < -0.4 is 4.74 Å². The number of aromatic nitrogens is 1. The molecule has 0 saturated heterocycles. The molecule has 0 aliphatic carbocycles. The summed E-state index contributed by atoms with van der Waals surface area (Å²) in [5, 5.41) is 15.8. The summed E-state index contributed by atoms with van der Waals surface area (Å²) in [6.45, 7) is 22.5. The molecule has 47 heavy (non-hydrogen) atoms. The zero-order chi connectivity index (χ0) is 33.9. The largest absolute Gasteiger partial charge is 0.512 e. The van der Waals surface area contributed by atoms with Gasteiger partial charge in [-0.15, -0.1) is 34.9 Å². The third kappa shape index (κ3) is 8.08. The molecule has 7 heteroatoms. The molecule has 0 fully saturated rings. The number of pyridine rings is 1. The summed E-state index contributed by atoms with van der Waals surface area (Å²) in [5.74, 6) is 1.09. The Kier molecular flexibility index (Phi) is 12.8. The van der Waals surface area contributed by atoms with Crippen LogP contribution in [0.1, 0.15) is 93.6 Å². The Hall–Kier alpha value is -2.83. The van der Waals surface area contributed by atoms with E-state index in [1.54, 1.807) is 22.7 Å². The van der Waals surface area contributed by atoms with Crippen LogP contribution in [0.5, 0.6) is 5.75 Å². The van der Waals surface area contributed by atoms with Crippen molar-refractivity contribution in [3.8, 4) is 17.0 Å². The molecule has 3 aromatic heterocycles. The number of hydrogen-bond acceptors (Lipinski definition) is 6. The Morgan fingerprint density at radius 1 is 0.957 bits per heavy atom. The molecule has 0 bridgehead atoms. The number of hydrogen-bond donors (Lipinski definition) is 1. The van der Waals surface area contributed by atoms with Gasteiger partial charge in [0.15, 0.2) is 5.78 Å². The number of aliphatic hydroxyl groups excluding tert-OH is 1. The van der Waals surface area contributed by atoms with E-state index in [1.807, 2.05) is 53.8 Å². The standard InChI is InChI=1S/C25H20NOS2.C15H28O2.Ir/c1-5-27-17-6-7-18-21(14-17)29-20-8-10-26-23(22(18)20)16-12-15-9-11-28-24(15)19(13-16)25(2,3)4;1-7-14(5,8-2)12(16)11-13(17)15(6,9-3)10-4;/h5-11,13-14H,1H2,2-4H3;11,16H,7-10H2,1-6H3;/q-1;;/b;12-11-;. The molecule has 3 heterocycles. The van der Waals surface area contributed by atoms with Crippen LogP contribution in [0, 0.1) is 16.9 Å². The number of allylic oxidation sites excluding steroid dienone is 2. The molecule has 5 aromatic rings. The first-order valence-corrected chi connectivity index (χ1v) is 17.9. The van der Waals surface area contributed by atoms with Gasteiger partial charge in [0.25, 0.3) is 0 Å². The summed E-state index contributed by atoms with van der Waals surface area (Å²) < 4.78 is 9.18. The van der Waals surface area contributed by atoms with Crippen LogP contribution in [-0.2, 0) is 30.3 Å². The van der Waals surface area contributed by atoms with Crippen molar-refractivity contribution >= 4 is 58.7 Å². The molecule has 0 aliphatic rings. The van der Waals surface area contributed by atoms with Crippen LogP contribution in [-0.4, -0.2) is 15.9 Å². The quantitative estimate of drug-likeness (QED) is 0.0864. The summed E-state index contributed by atoms with van der Waals surface area (Å²) in [4.78, 5) is 17.0. The fourth-order valence-electron chi connectivity index (χ4n) is 5.45. The van der Waals surface area contributed by atoms with Gasteiger partial charge in [-0.25, -0.2) is 0 Å². The zero-order valence-electron chi connectivity index (χ0n) is 29.2. The molecular weight excluding hydrogens is 799 g/mol. The number of ether oxygens (including phenoxy) is 1. The maximum Gasteiger partial charge on any atom is 0.164 e. The number of thiophene rings is 2. The Labute approximate surface area is 302 Å². The molecule has 253 valence electrons. The van der Waals surface area contributed by atoms with Gasteiger partial charge in [0.1, 0.15) is 11.5 Å². The number of ketones is 1. The van der Waals surface area contributed by atoms with Gasteiger partial charge in [0.05, 0.1) is 6.26 Å². The van der Waals surface area contributed by atoms with Crippen LogP contribution in [0.2, 0.25) is 0 Å². The van der Waals surface area contributed by atoms with Crippen molar-refractivity contribution in [1.29, 1.82) is 0 Å². The van der Waals surface area contributed by atoms with Gasteiger partial charge in [-0.05, 0) is 76.2 Å². The van der Waals surface area contributed by atoms with Gasteiger partial charge in [0, 0.05) is 58.3 Å². The van der Waals surface area contributed by atoms with E-state index in [0.717, 1.165) is 48.1 Å². The molecule has 5 rings (SSSR count). The Balaban J connectivity index is 0.000000290. The first kappa shape index (κ1) is 38.6. The van der Waals surface area contributed by atoms with Crippen molar-refractivity contribution < 1.29 is 34.7 Å². The number of rotatable bonds is 10. The number of carbonyl (C=O) groups excluding carboxylic acids is 1. The minimum atomic E-state index is -0.337. The van der Waals surface area contributed by atoms with E-state index in [9.17, 15) is 9.90 Å². The van der Waals surface area contributed by atoms with E-state index < -0.39 is 0 Å². The second-order valence-corrected chi connectivity index (χ2v) is 15.5. The molecule has 0 aliphatic heterocycles. The fourth-order valence-corrected chi connectivity index (χ4v) is 7.66. The number of fused-ring (bicyclic) bond motifs is 4. The average molecular weight is 847 g/mol. The normalized spacial score (nSPS) is 12.5. The topological polar surface area (TPSA) is 59.4 Å². The van der Waals surface area contributed by atoms with Gasteiger partial charge in [-0.1, -0.05) is 80.0 Å². The summed E-state index contributed by atoms with van der Waals surface area (Å²) >= 11 is 3.55. The van der Waals surface area contributed by atoms with Gasteiger partial charge < -0.3 is 9.84 Å². The molecule has 4 nitrogen and oxygen atoms in total. The zero-order valence-corrected chi connectivity index (χ0v) is 33.2. The van der Waals surface area contributed by atoms with Crippen LogP contribution in [0.3, 0.4) is 0 Å². The molecule has 2 aromatic carbocycles. The molecular formula is C40H48IrNO3S2-. The SMILES string of the molecule is C=COc1ccc2c(c1)sc1ccnc(-c3[c-]c4ccsc4c(C(C)(C)C)c3)c12.CCC(C)(CC)C(=O)/C=C(\O)C(C)(CC)CC.[Ir]. The summed E-state index contributed by atoms with van der Waals surface area (Å²) in [6.07, 6.45) is 8.11. The summed E-state index contributed by atoms with van der Waals surface area (Å²) in [7, 11) is 0. The molecule has 1 N–H and O–H groups in total. The van der Waals surface area contributed by atoms with Crippen LogP contribution >= 0.6 is 22.7 Å². The van der Waals surface area contributed by atoms with Crippen molar-refractivity contribution in [3.63, 3.8) is 0 Å². The first-order valence-electron chi connectivity index (χ1n) is 16.2. The van der Waals surface area contributed by atoms with Gasteiger partial charge >= 0.3 is 0 Å². The number of carbonyl (C=O) groups is 1. The minimum absolute atomic E-state index is 0. The van der Waals surface area contributed by atoms with Gasteiger partial charge in [-0.2, -0.15) is 11.3 Å². The smallest absolute Gasteiger partial charge is 0.164 e. The van der Waals surface area contributed by atoms with E-state index >= 15 is 0 Å². The van der Waals surface area contributed by atoms with E-state index in [4.69, 9.17) is 9.72 Å². The Morgan fingerprint density at radius 2 is 1.62 bits per heavy atom. The summed E-state index contributed by atoms with van der Waals surface area (Å²) in [6, 6.07) is 16.3. The Bertz CT molecular complexity index is 1880. The van der Waals surface area contributed by atoms with Crippen LogP contribution in [0.25, 0.3) is 41.5 Å². The average Bonchev–Trinajstić information content (AvgIpc) is 3.67. The second kappa shape index (κ2) is 15.6. The van der Waals surface area contributed by atoms with Crippen molar-refractivity contribution in [1.82, 2.24) is 4.98 Å². The molecule has 0 unspecified atom stereocenters. The third-order valence-corrected chi connectivity index (χ3v) is 11.8. The third-order valence-electron chi connectivity index (χ3n) is 9.71. The molecule has 0 atom stereocenters. The maximum absolute atomic E-state index is 12.2. The van der Waals surface area contributed by atoms with E-state index in [0.29, 0.717) is 0 Å². The van der Waals surface area contributed by atoms with Crippen LogP contribution in [0.15, 0.2) is 72.7 Å². The summed E-state index contributed by atoms with van der Waals surface area (Å²) in [5.41, 5.74) is 2.83. The van der Waals surface area contributed by atoms with E-state index in [2.05, 4.69) is 69.1 Å². The number of nitrogens with zero attached hydrogens (tertiary/aromatic N) is 1. The molecule has 1 radical (unpaired) electrons. The van der Waals surface area contributed by atoms with Crippen LogP contribution in [0.4, 0.5) is 0 Å². The number of aliphatic hydroxyl groups is 1. The maximum atomic E-state index is 12.2. The Morgan fingerprint density at radius 3 is 2.21 bits per heavy atom. The van der Waals surface area contributed by atoms with Crippen molar-refractivity contribution in [2.24, 2.45) is 10.8 Å². The van der Waals surface area contributed by atoms with Gasteiger partial charge in [-0.3, -0.25) is 9.78 Å². The van der Waals surface area contributed by atoms with E-state index in [1.165, 1.54) is 42.8 Å². The predicted molar refractivity (Wildman–Crippen MR) is 199 cm³/mol. The number of benzene rings is 2. The van der Waals surface area contributed by atoms with Crippen molar-refractivity contribution in [2.45, 2.75) is 93.4 Å². The molecule has 0 saturated carbocycles. The van der Waals surface area contributed by atoms with Crippen molar-refractivity contribution in [2.75, 3.05) is 0 Å². The predicted octanol–water partition coefficient (Wildman–Crippen LogP) is 12.6. The monoisotopic (exact) mass is 847 g/mol. The minimum Gasteiger partial charge on any atom is -0.512 e. The first-order chi connectivity index (χ1) is 21.7. The molecule has 0 amide bonds. The van der Waals surface area contributed by atoms with Crippen molar-refractivity contribution in [3.05, 3.63) is 84.3 Å².